The minimum Gasteiger partial charge on any atom is -0.465 e. The average molecular weight is 373 g/mol. The summed E-state index contributed by atoms with van der Waals surface area (Å²) in [6.07, 6.45) is 6.67. The lowest BCUT2D eigenvalue weighted by molar-refractivity contribution is -0.121. The van der Waals surface area contributed by atoms with Crippen molar-refractivity contribution in [2.45, 2.75) is 25.2 Å². The van der Waals surface area contributed by atoms with Crippen molar-refractivity contribution in [1.82, 2.24) is 9.97 Å². The lowest BCUT2D eigenvalue weighted by atomic mass is 9.54. The molecule has 1 heterocycles. The summed E-state index contributed by atoms with van der Waals surface area (Å²) in [6, 6.07) is 9.23. The maximum atomic E-state index is 12.7. The topological polar surface area (TPSA) is 92.9 Å². The number of carbonyl (C=O) groups is 2. The van der Waals surface area contributed by atoms with E-state index in [4.69, 9.17) is 4.74 Å². The van der Waals surface area contributed by atoms with E-state index in [9.17, 15) is 14.9 Å². The van der Waals surface area contributed by atoms with Gasteiger partial charge in [-0.15, -0.1) is 0 Å². The van der Waals surface area contributed by atoms with Crippen LogP contribution in [0.25, 0.3) is 0 Å². The van der Waals surface area contributed by atoms with Crippen LogP contribution in [0.1, 0.15) is 40.5 Å². The molecule has 0 saturated carbocycles. The van der Waals surface area contributed by atoms with Gasteiger partial charge in [0.05, 0.1) is 29.4 Å². The number of methoxy groups -OCH3 is 1. The van der Waals surface area contributed by atoms with Gasteiger partial charge in [-0.3, -0.25) is 4.79 Å². The lowest BCUT2D eigenvalue weighted by Gasteiger charge is -2.47. The number of rotatable bonds is 2. The number of hydrogen-bond acceptors (Lipinski definition) is 6. The maximum Gasteiger partial charge on any atom is 0.337 e. The van der Waals surface area contributed by atoms with E-state index in [0.717, 1.165) is 29.7 Å². The summed E-state index contributed by atoms with van der Waals surface area (Å²) in [6.45, 7) is 1.89. The maximum absolute atomic E-state index is 12.7. The normalized spacial score (nSPS) is 25.8. The van der Waals surface area contributed by atoms with Gasteiger partial charge in [-0.25, -0.2) is 14.8 Å². The SMILES string of the molecule is COC(=O)c1ccc([C@]23C=C(C#N)C(=O)[C@@H](C)[C@@H]2CCc2cncnc23)cc1. The lowest BCUT2D eigenvalue weighted by Crippen LogP contribution is -2.48. The van der Waals surface area contributed by atoms with E-state index in [0.29, 0.717) is 5.56 Å². The van der Waals surface area contributed by atoms with Crippen molar-refractivity contribution in [3.05, 3.63) is 70.8 Å². The van der Waals surface area contributed by atoms with E-state index in [-0.39, 0.29) is 23.2 Å². The molecule has 0 saturated heterocycles. The molecule has 3 atom stereocenters. The standard InChI is InChI=1S/C22H19N3O3/c1-13-18-8-5-15-11-24-12-25-20(15)22(18,9-16(10-23)19(13)26)17-6-3-14(4-7-17)21(27)28-2/h3-4,6-7,9,11-13,18H,5,8H2,1-2H3/t13-,18-,22+/m0/s1. The number of aromatic nitrogens is 2. The molecule has 0 unspecified atom stereocenters. The summed E-state index contributed by atoms with van der Waals surface area (Å²) in [5, 5.41) is 9.59. The Balaban J connectivity index is 1.99. The van der Waals surface area contributed by atoms with Crippen LogP contribution < -0.4 is 0 Å². The number of benzene rings is 1. The highest BCUT2D eigenvalue weighted by atomic mass is 16.5. The Morgan fingerprint density at radius 2 is 2.07 bits per heavy atom. The molecule has 1 aromatic heterocycles. The fourth-order valence-electron chi connectivity index (χ4n) is 4.70. The van der Waals surface area contributed by atoms with Gasteiger partial charge in [0.25, 0.3) is 0 Å². The van der Waals surface area contributed by atoms with Gasteiger partial charge in [0, 0.05) is 12.1 Å². The third-order valence-electron chi connectivity index (χ3n) is 6.05. The second-order valence-corrected chi connectivity index (χ2v) is 7.30. The minimum atomic E-state index is -0.705. The van der Waals surface area contributed by atoms with E-state index >= 15 is 0 Å². The number of fused-ring (bicyclic) bond motifs is 3. The molecule has 2 aromatic rings. The zero-order valence-electron chi connectivity index (χ0n) is 15.7. The molecular weight excluding hydrogens is 354 g/mol. The van der Waals surface area contributed by atoms with Crippen LogP contribution in [-0.4, -0.2) is 28.8 Å². The molecule has 28 heavy (non-hydrogen) atoms. The predicted octanol–water partition coefficient (Wildman–Crippen LogP) is 2.78. The van der Waals surface area contributed by atoms with E-state index in [1.807, 2.05) is 25.3 Å². The van der Waals surface area contributed by atoms with Crippen molar-refractivity contribution in [2.75, 3.05) is 7.11 Å². The fourth-order valence-corrected chi connectivity index (χ4v) is 4.70. The van der Waals surface area contributed by atoms with Crippen LogP contribution in [0.4, 0.5) is 0 Å². The molecule has 0 fully saturated rings. The molecule has 0 spiro atoms. The van der Waals surface area contributed by atoms with Crippen molar-refractivity contribution in [2.24, 2.45) is 11.8 Å². The van der Waals surface area contributed by atoms with Crippen LogP contribution in [0.2, 0.25) is 0 Å². The quantitative estimate of drug-likeness (QED) is 0.752. The second-order valence-electron chi connectivity index (χ2n) is 7.30. The molecule has 6 nitrogen and oxygen atoms in total. The summed E-state index contributed by atoms with van der Waals surface area (Å²) >= 11 is 0. The largest absolute Gasteiger partial charge is 0.465 e. The zero-order chi connectivity index (χ0) is 19.9. The van der Waals surface area contributed by atoms with E-state index in [1.165, 1.54) is 13.4 Å². The summed E-state index contributed by atoms with van der Waals surface area (Å²) in [7, 11) is 1.34. The van der Waals surface area contributed by atoms with Gasteiger partial charge >= 0.3 is 5.97 Å². The van der Waals surface area contributed by atoms with Gasteiger partial charge in [-0.1, -0.05) is 19.1 Å². The van der Waals surface area contributed by atoms with Crippen molar-refractivity contribution >= 4 is 11.8 Å². The van der Waals surface area contributed by atoms with E-state index in [2.05, 4.69) is 16.0 Å². The number of esters is 1. The Hall–Kier alpha value is -3.33. The first kappa shape index (κ1) is 18.1. The van der Waals surface area contributed by atoms with E-state index < -0.39 is 11.4 Å². The molecular formula is C22H19N3O3. The molecule has 2 aliphatic rings. The number of ketones is 1. The Bertz CT molecular complexity index is 1040. The molecule has 0 radical (unpaired) electrons. The number of carbonyl (C=O) groups excluding carboxylic acids is 2. The number of Topliss-reactive ketones (excluding diaryl/α,β-unsaturated/α-hetero) is 1. The van der Waals surface area contributed by atoms with Crippen LogP contribution in [0, 0.1) is 23.2 Å². The second kappa shape index (κ2) is 6.68. The summed E-state index contributed by atoms with van der Waals surface area (Å²) < 4.78 is 4.79. The highest BCUT2D eigenvalue weighted by Gasteiger charge is 2.52. The molecule has 0 N–H and O–H groups in total. The molecule has 0 bridgehead atoms. The first-order chi connectivity index (χ1) is 13.5. The molecule has 0 aliphatic heterocycles. The monoisotopic (exact) mass is 373 g/mol. The third kappa shape index (κ3) is 2.47. The van der Waals surface area contributed by atoms with E-state index in [1.54, 1.807) is 18.2 Å². The van der Waals surface area contributed by atoms with Gasteiger partial charge in [0.2, 0.25) is 0 Å². The van der Waals surface area contributed by atoms with Crippen molar-refractivity contribution < 1.29 is 14.3 Å². The van der Waals surface area contributed by atoms with Crippen LogP contribution >= 0.6 is 0 Å². The first-order valence-corrected chi connectivity index (χ1v) is 9.18. The Morgan fingerprint density at radius 1 is 1.32 bits per heavy atom. The smallest absolute Gasteiger partial charge is 0.337 e. The number of nitrogens with zero attached hydrogens (tertiary/aromatic N) is 3. The van der Waals surface area contributed by atoms with Crippen molar-refractivity contribution in [1.29, 1.82) is 5.26 Å². The fraction of sp³-hybridized carbons (Fsp3) is 0.318. The molecule has 1 aromatic carbocycles. The van der Waals surface area contributed by atoms with Crippen LogP contribution in [0.15, 0.2) is 48.4 Å². The van der Waals surface area contributed by atoms with Gasteiger partial charge in [0.1, 0.15) is 12.4 Å². The Labute approximate surface area is 162 Å². The van der Waals surface area contributed by atoms with Crippen molar-refractivity contribution in [3.8, 4) is 6.07 Å². The van der Waals surface area contributed by atoms with Gasteiger partial charge < -0.3 is 4.74 Å². The highest BCUT2D eigenvalue weighted by molar-refractivity contribution is 6.02. The number of allylic oxidation sites excluding steroid dienone is 2. The average Bonchev–Trinajstić information content (AvgIpc) is 2.75. The molecule has 6 heteroatoms. The van der Waals surface area contributed by atoms with Gasteiger partial charge in [-0.2, -0.15) is 5.26 Å². The summed E-state index contributed by atoms with van der Waals surface area (Å²) in [5.41, 5.74) is 2.65. The molecule has 2 aliphatic carbocycles. The number of aryl methyl sites for hydroxylation is 1. The predicted molar refractivity (Wildman–Crippen MR) is 100 cm³/mol. The molecule has 0 amide bonds. The van der Waals surface area contributed by atoms with Crippen molar-refractivity contribution in [3.63, 3.8) is 0 Å². The Morgan fingerprint density at radius 3 is 2.75 bits per heavy atom. The first-order valence-electron chi connectivity index (χ1n) is 9.18. The summed E-state index contributed by atoms with van der Waals surface area (Å²) in [5.74, 6) is -0.856. The number of nitriles is 1. The number of ether oxygens (including phenoxy) is 1. The van der Waals surface area contributed by atoms with Crippen LogP contribution in [0.5, 0.6) is 0 Å². The molecule has 4 rings (SSSR count). The highest BCUT2D eigenvalue weighted by Crippen LogP contribution is 2.52. The van der Waals surface area contributed by atoms with Crippen LogP contribution in [-0.2, 0) is 21.4 Å². The molecule has 140 valence electrons. The number of hydrogen-bond donors (Lipinski definition) is 0. The van der Waals surface area contributed by atoms with Gasteiger partial charge in [0.15, 0.2) is 5.78 Å². The third-order valence-corrected chi connectivity index (χ3v) is 6.05. The summed E-state index contributed by atoms with van der Waals surface area (Å²) in [4.78, 5) is 33.3. The minimum absolute atomic E-state index is 0.0246. The van der Waals surface area contributed by atoms with Crippen LogP contribution in [0.3, 0.4) is 0 Å². The van der Waals surface area contributed by atoms with Gasteiger partial charge in [-0.05, 0) is 48.1 Å². The zero-order valence-corrected chi connectivity index (χ0v) is 15.7. The Kier molecular flexibility index (Phi) is 4.31.